The summed E-state index contributed by atoms with van der Waals surface area (Å²) >= 11 is 1.88. The van der Waals surface area contributed by atoms with E-state index in [1.165, 1.54) is 18.2 Å². The number of hydrogen-bond acceptors (Lipinski definition) is 5. The summed E-state index contributed by atoms with van der Waals surface area (Å²) in [5, 5.41) is 14.2. The molecule has 0 radical (unpaired) electrons. The van der Waals surface area contributed by atoms with E-state index in [-0.39, 0.29) is 17.3 Å². The number of nitro benzene ring substituents is 1. The molecule has 0 saturated carbocycles. The van der Waals surface area contributed by atoms with E-state index in [1.54, 1.807) is 0 Å². The monoisotopic (exact) mass is 281 g/mol. The Labute approximate surface area is 114 Å². The molecular formula is C12H15N3O3S. The molecule has 19 heavy (non-hydrogen) atoms. The summed E-state index contributed by atoms with van der Waals surface area (Å²) in [4.78, 5) is 21.7. The van der Waals surface area contributed by atoms with Crippen LogP contribution in [0.15, 0.2) is 18.2 Å². The molecule has 0 spiro atoms. The van der Waals surface area contributed by atoms with E-state index in [0.29, 0.717) is 5.69 Å². The minimum atomic E-state index is -0.586. The maximum Gasteiger partial charge on any atom is 0.292 e. The number of anilines is 1. The van der Waals surface area contributed by atoms with E-state index in [4.69, 9.17) is 5.73 Å². The van der Waals surface area contributed by atoms with Crippen LogP contribution in [0.4, 0.5) is 11.4 Å². The fraction of sp³-hybridized carbons (Fsp3) is 0.417. The van der Waals surface area contributed by atoms with E-state index < -0.39 is 10.8 Å². The Kier molecular flexibility index (Phi) is 4.26. The molecule has 7 heteroatoms. The number of nitrogens with zero attached hydrogens (tertiary/aromatic N) is 1. The highest BCUT2D eigenvalue weighted by Gasteiger charge is 2.20. The van der Waals surface area contributed by atoms with Crippen LogP contribution in [-0.2, 0) is 0 Å². The normalized spacial score (nSPS) is 16.0. The van der Waals surface area contributed by atoms with Gasteiger partial charge in [-0.25, -0.2) is 0 Å². The molecule has 0 atom stereocenters. The highest BCUT2D eigenvalue weighted by molar-refractivity contribution is 7.99. The molecule has 0 aromatic heterocycles. The third-order valence-corrected chi connectivity index (χ3v) is 4.11. The van der Waals surface area contributed by atoms with Gasteiger partial charge in [-0.3, -0.25) is 14.9 Å². The lowest BCUT2D eigenvalue weighted by atomic mass is 10.1. The van der Waals surface area contributed by atoms with Gasteiger partial charge >= 0.3 is 0 Å². The second-order valence-corrected chi connectivity index (χ2v) is 5.61. The number of benzene rings is 1. The van der Waals surface area contributed by atoms with Crippen molar-refractivity contribution in [3.63, 3.8) is 0 Å². The lowest BCUT2D eigenvalue weighted by Crippen LogP contribution is -2.25. The Hall–Kier alpha value is -1.76. The number of primary amides is 1. The van der Waals surface area contributed by atoms with Gasteiger partial charge in [-0.2, -0.15) is 11.8 Å². The molecule has 1 heterocycles. The molecule has 1 amide bonds. The first-order valence-electron chi connectivity index (χ1n) is 6.00. The number of carbonyl (C=O) groups excluding carboxylic acids is 1. The molecule has 0 bridgehead atoms. The van der Waals surface area contributed by atoms with Gasteiger partial charge in [0, 0.05) is 17.7 Å². The molecule has 0 aliphatic carbocycles. The summed E-state index contributed by atoms with van der Waals surface area (Å²) in [6.07, 6.45) is 1.92. The minimum absolute atomic E-state index is 0.0248. The number of rotatable bonds is 4. The zero-order valence-electron chi connectivity index (χ0n) is 10.3. The van der Waals surface area contributed by atoms with E-state index >= 15 is 0 Å². The van der Waals surface area contributed by atoms with Crippen molar-refractivity contribution >= 4 is 29.0 Å². The van der Waals surface area contributed by atoms with Crippen molar-refractivity contribution in [3.05, 3.63) is 33.9 Å². The Morgan fingerprint density at radius 1 is 1.42 bits per heavy atom. The van der Waals surface area contributed by atoms with Crippen LogP contribution in [0.1, 0.15) is 23.2 Å². The van der Waals surface area contributed by atoms with Gasteiger partial charge < -0.3 is 11.1 Å². The second-order valence-electron chi connectivity index (χ2n) is 4.38. The van der Waals surface area contributed by atoms with E-state index in [2.05, 4.69) is 5.32 Å². The summed E-state index contributed by atoms with van der Waals surface area (Å²) in [6.45, 7) is 0. The van der Waals surface area contributed by atoms with Crippen LogP contribution in [0.3, 0.4) is 0 Å². The summed E-state index contributed by atoms with van der Waals surface area (Å²) in [5.74, 6) is 1.50. The van der Waals surface area contributed by atoms with Crippen LogP contribution in [0, 0.1) is 10.1 Å². The van der Waals surface area contributed by atoms with Crippen molar-refractivity contribution in [3.8, 4) is 0 Å². The van der Waals surface area contributed by atoms with Crippen LogP contribution >= 0.6 is 11.8 Å². The number of thioether (sulfide) groups is 1. The fourth-order valence-electron chi connectivity index (χ4n) is 2.03. The van der Waals surface area contributed by atoms with Crippen LogP contribution in [-0.4, -0.2) is 28.4 Å². The van der Waals surface area contributed by atoms with E-state index in [9.17, 15) is 14.9 Å². The highest BCUT2D eigenvalue weighted by Crippen LogP contribution is 2.28. The van der Waals surface area contributed by atoms with Crippen molar-refractivity contribution in [1.29, 1.82) is 0 Å². The third kappa shape index (κ3) is 3.37. The van der Waals surface area contributed by atoms with Crippen LogP contribution in [0.5, 0.6) is 0 Å². The van der Waals surface area contributed by atoms with Crippen molar-refractivity contribution in [1.82, 2.24) is 0 Å². The average molecular weight is 281 g/mol. The largest absolute Gasteiger partial charge is 0.377 e. The van der Waals surface area contributed by atoms with Crippen LogP contribution in [0.25, 0.3) is 0 Å². The second kappa shape index (κ2) is 5.92. The van der Waals surface area contributed by atoms with Gasteiger partial charge in [0.2, 0.25) is 5.91 Å². The van der Waals surface area contributed by atoms with Gasteiger partial charge in [-0.15, -0.1) is 0 Å². The van der Waals surface area contributed by atoms with Crippen LogP contribution < -0.4 is 11.1 Å². The smallest absolute Gasteiger partial charge is 0.292 e. The molecular weight excluding hydrogens is 266 g/mol. The average Bonchev–Trinajstić information content (AvgIpc) is 2.39. The van der Waals surface area contributed by atoms with Gasteiger partial charge in [-0.1, -0.05) is 0 Å². The number of nitro groups is 1. The maximum absolute atomic E-state index is 11.1. The molecule has 1 fully saturated rings. The fourth-order valence-corrected chi connectivity index (χ4v) is 3.13. The lowest BCUT2D eigenvalue weighted by molar-refractivity contribution is -0.384. The first-order valence-corrected chi connectivity index (χ1v) is 7.16. The van der Waals surface area contributed by atoms with Crippen molar-refractivity contribution < 1.29 is 9.72 Å². The number of nitrogens with one attached hydrogen (secondary N) is 1. The molecule has 0 unspecified atom stereocenters. The number of nitrogens with two attached hydrogens (primary N) is 1. The quantitative estimate of drug-likeness (QED) is 0.649. The van der Waals surface area contributed by atoms with Crippen molar-refractivity contribution in [2.75, 3.05) is 16.8 Å². The van der Waals surface area contributed by atoms with Crippen molar-refractivity contribution in [2.45, 2.75) is 18.9 Å². The topological polar surface area (TPSA) is 98.3 Å². The zero-order valence-corrected chi connectivity index (χ0v) is 11.1. The zero-order chi connectivity index (χ0) is 13.8. The Morgan fingerprint density at radius 2 is 2.11 bits per heavy atom. The van der Waals surface area contributed by atoms with Crippen molar-refractivity contribution in [2.24, 2.45) is 5.73 Å². The molecule has 1 aromatic carbocycles. The number of hydrogen-bond donors (Lipinski definition) is 2. The predicted octanol–water partition coefficient (Wildman–Crippen LogP) is 2.00. The van der Waals surface area contributed by atoms with Crippen LogP contribution in [0.2, 0.25) is 0 Å². The first-order chi connectivity index (χ1) is 9.08. The van der Waals surface area contributed by atoms with Gasteiger partial charge in [0.05, 0.1) is 4.92 Å². The standard InChI is InChI=1S/C12H15N3O3S/c13-12(16)8-1-2-11(15(17)18)10(7-8)14-9-3-5-19-6-4-9/h1-2,7,9,14H,3-6H2,(H2,13,16). The molecule has 102 valence electrons. The molecule has 1 saturated heterocycles. The first kappa shape index (κ1) is 13.7. The number of carbonyl (C=O) groups is 1. The predicted molar refractivity (Wildman–Crippen MR) is 75.6 cm³/mol. The lowest BCUT2D eigenvalue weighted by Gasteiger charge is -2.23. The maximum atomic E-state index is 11.1. The molecule has 2 rings (SSSR count). The molecule has 6 nitrogen and oxygen atoms in total. The minimum Gasteiger partial charge on any atom is -0.377 e. The van der Waals surface area contributed by atoms with Gasteiger partial charge in [0.15, 0.2) is 0 Å². The summed E-state index contributed by atoms with van der Waals surface area (Å²) in [7, 11) is 0. The Morgan fingerprint density at radius 3 is 2.68 bits per heavy atom. The van der Waals surface area contributed by atoms with E-state index in [1.807, 2.05) is 11.8 Å². The summed E-state index contributed by atoms with van der Waals surface area (Å²) in [6, 6.07) is 4.37. The summed E-state index contributed by atoms with van der Waals surface area (Å²) < 4.78 is 0. The van der Waals surface area contributed by atoms with Gasteiger partial charge in [0.1, 0.15) is 5.69 Å². The highest BCUT2D eigenvalue weighted by atomic mass is 32.2. The molecule has 1 aliphatic rings. The van der Waals surface area contributed by atoms with E-state index in [0.717, 1.165) is 24.3 Å². The molecule has 3 N–H and O–H groups in total. The van der Waals surface area contributed by atoms with Gasteiger partial charge in [0.25, 0.3) is 5.69 Å². The summed E-state index contributed by atoms with van der Waals surface area (Å²) in [5.41, 5.74) is 5.83. The molecule has 1 aromatic rings. The SMILES string of the molecule is NC(=O)c1ccc([N+](=O)[O-])c(NC2CCSCC2)c1. The Balaban J connectivity index is 2.26. The number of amides is 1. The molecule has 1 aliphatic heterocycles. The Bertz CT molecular complexity index is 501. The van der Waals surface area contributed by atoms with Gasteiger partial charge in [-0.05, 0) is 36.5 Å². The third-order valence-electron chi connectivity index (χ3n) is 3.06.